The molecule has 4 heteroatoms. The summed E-state index contributed by atoms with van der Waals surface area (Å²) in [4.78, 5) is 25.7. The van der Waals surface area contributed by atoms with Crippen LogP contribution in [0.25, 0.3) is 0 Å². The monoisotopic (exact) mass is 402 g/mol. The van der Waals surface area contributed by atoms with Crippen molar-refractivity contribution in [3.63, 3.8) is 0 Å². The van der Waals surface area contributed by atoms with Crippen molar-refractivity contribution in [2.24, 2.45) is 40.4 Å². The standard InChI is InChI=1S/C25H38O4/c1-15(5-10-22(27)28-4)18-8-9-19-20-7-6-16-13-17-11-12-24(16,3)25(20,29-17)21(26)14-23(18,19)2/h15-20H,5-14H2,1-4H3/t15-,16+,17+,18+,19-,20-,23+,24-,25-/m0/s1. The van der Waals surface area contributed by atoms with Crippen LogP contribution in [0.15, 0.2) is 0 Å². The molecular weight excluding hydrogens is 364 g/mol. The molecule has 2 saturated heterocycles. The summed E-state index contributed by atoms with van der Waals surface area (Å²) in [5.74, 6) is 2.93. The number of rotatable bonds is 4. The van der Waals surface area contributed by atoms with Crippen LogP contribution >= 0.6 is 0 Å². The van der Waals surface area contributed by atoms with Gasteiger partial charge in [0, 0.05) is 18.3 Å². The van der Waals surface area contributed by atoms with Crippen LogP contribution in [0.5, 0.6) is 0 Å². The molecule has 0 N–H and O–H groups in total. The normalized spacial score (nSPS) is 51.3. The van der Waals surface area contributed by atoms with Gasteiger partial charge in [0.25, 0.3) is 0 Å². The van der Waals surface area contributed by atoms with Gasteiger partial charge in [-0.3, -0.25) is 9.59 Å². The van der Waals surface area contributed by atoms with Gasteiger partial charge in [-0.2, -0.15) is 0 Å². The Bertz CT molecular complexity index is 718. The summed E-state index contributed by atoms with van der Waals surface area (Å²) in [5, 5.41) is 0. The molecule has 6 aliphatic rings. The zero-order valence-electron chi connectivity index (χ0n) is 18.7. The Kier molecular flexibility index (Phi) is 4.52. The molecule has 1 spiro atoms. The maximum absolute atomic E-state index is 14.0. The average molecular weight is 403 g/mol. The Morgan fingerprint density at radius 1 is 1.17 bits per heavy atom. The van der Waals surface area contributed by atoms with E-state index in [1.807, 2.05) is 0 Å². The van der Waals surface area contributed by atoms with E-state index < -0.39 is 5.60 Å². The molecule has 0 aromatic carbocycles. The van der Waals surface area contributed by atoms with Gasteiger partial charge in [0.05, 0.1) is 13.2 Å². The Balaban J connectivity index is 1.44. The van der Waals surface area contributed by atoms with Crippen molar-refractivity contribution in [3.8, 4) is 0 Å². The van der Waals surface area contributed by atoms with Crippen LogP contribution in [0.3, 0.4) is 0 Å². The van der Waals surface area contributed by atoms with Crippen molar-refractivity contribution < 1.29 is 19.1 Å². The van der Waals surface area contributed by atoms with Gasteiger partial charge in [0.2, 0.25) is 0 Å². The molecule has 0 aromatic heterocycles. The SMILES string of the molecule is COC(=O)CC[C@H](C)[C@H]1CC[C@H]2[C@@H]3CC[C@@H]4C[C@H]5CC[C@]4(C)[C@@]3(O5)C(=O)C[C@]12C. The third kappa shape index (κ3) is 2.47. The molecule has 9 atom stereocenters. The first kappa shape index (κ1) is 20.0. The van der Waals surface area contributed by atoms with Crippen molar-refractivity contribution in [3.05, 3.63) is 0 Å². The quantitative estimate of drug-likeness (QED) is 0.625. The van der Waals surface area contributed by atoms with Gasteiger partial charge in [-0.05, 0) is 86.4 Å². The molecule has 0 amide bonds. The van der Waals surface area contributed by atoms with Gasteiger partial charge in [0.1, 0.15) is 5.60 Å². The molecule has 0 unspecified atom stereocenters. The number of fused-ring (bicyclic) bond motifs is 3. The molecule has 0 radical (unpaired) electrons. The molecule has 6 rings (SSSR count). The van der Waals surface area contributed by atoms with E-state index in [1.54, 1.807) is 0 Å². The molecule has 0 aromatic rings. The summed E-state index contributed by atoms with van der Waals surface area (Å²) < 4.78 is 11.7. The smallest absolute Gasteiger partial charge is 0.305 e. The third-order valence-corrected chi connectivity index (χ3v) is 10.6. The van der Waals surface area contributed by atoms with Crippen LogP contribution in [0.1, 0.15) is 85.0 Å². The Labute approximate surface area is 175 Å². The molecule has 4 aliphatic carbocycles. The minimum atomic E-state index is -0.495. The maximum atomic E-state index is 14.0. The second kappa shape index (κ2) is 6.55. The molecule has 2 heterocycles. The van der Waals surface area contributed by atoms with E-state index in [0.717, 1.165) is 12.8 Å². The van der Waals surface area contributed by atoms with Crippen LogP contribution in [-0.2, 0) is 19.1 Å². The minimum Gasteiger partial charge on any atom is -0.469 e. The highest BCUT2D eigenvalue weighted by atomic mass is 16.5. The van der Waals surface area contributed by atoms with Crippen molar-refractivity contribution in [1.82, 2.24) is 0 Å². The lowest BCUT2D eigenvalue weighted by Crippen LogP contribution is -2.75. The fourth-order valence-electron chi connectivity index (χ4n) is 9.24. The number of hydrogen-bond donors (Lipinski definition) is 0. The topological polar surface area (TPSA) is 52.6 Å². The summed E-state index contributed by atoms with van der Waals surface area (Å²) in [5.41, 5.74) is -0.380. The summed E-state index contributed by atoms with van der Waals surface area (Å²) in [6, 6.07) is 0. The largest absolute Gasteiger partial charge is 0.469 e. The first-order chi connectivity index (χ1) is 13.8. The van der Waals surface area contributed by atoms with Gasteiger partial charge in [-0.15, -0.1) is 0 Å². The van der Waals surface area contributed by atoms with Gasteiger partial charge in [0.15, 0.2) is 5.78 Å². The fourth-order valence-corrected chi connectivity index (χ4v) is 9.24. The van der Waals surface area contributed by atoms with Crippen LogP contribution in [0.4, 0.5) is 0 Å². The predicted octanol–water partition coefficient (Wildman–Crippen LogP) is 4.94. The zero-order valence-corrected chi connectivity index (χ0v) is 18.7. The number of methoxy groups -OCH3 is 1. The molecule has 29 heavy (non-hydrogen) atoms. The van der Waals surface area contributed by atoms with E-state index in [4.69, 9.17) is 9.47 Å². The molecule has 4 nitrogen and oxygen atoms in total. The highest BCUT2D eigenvalue weighted by molar-refractivity contribution is 5.91. The lowest BCUT2D eigenvalue weighted by atomic mass is 9.40. The zero-order chi connectivity index (χ0) is 20.6. The number of Topliss-reactive ketones (excluding diaryl/α,β-unsaturated/α-hetero) is 1. The summed E-state index contributed by atoms with van der Waals surface area (Å²) in [6.07, 6.45) is 10.7. The first-order valence-electron chi connectivity index (χ1n) is 12.0. The Morgan fingerprint density at radius 2 is 1.93 bits per heavy atom. The molecular formula is C25H38O4. The van der Waals surface area contributed by atoms with Crippen LogP contribution < -0.4 is 0 Å². The average Bonchev–Trinajstić information content (AvgIpc) is 3.02. The van der Waals surface area contributed by atoms with Gasteiger partial charge < -0.3 is 9.47 Å². The van der Waals surface area contributed by atoms with E-state index in [-0.39, 0.29) is 16.8 Å². The van der Waals surface area contributed by atoms with Crippen LogP contribution in [0.2, 0.25) is 0 Å². The van der Waals surface area contributed by atoms with Crippen molar-refractivity contribution in [1.29, 1.82) is 0 Å². The van der Waals surface area contributed by atoms with Crippen molar-refractivity contribution in [2.45, 2.75) is 96.7 Å². The minimum absolute atomic E-state index is 0.0532. The van der Waals surface area contributed by atoms with Crippen LogP contribution in [0, 0.1) is 40.4 Å². The van der Waals surface area contributed by atoms with E-state index >= 15 is 0 Å². The van der Waals surface area contributed by atoms with E-state index in [1.165, 1.54) is 45.6 Å². The molecule has 2 aliphatic heterocycles. The third-order valence-electron chi connectivity index (χ3n) is 10.6. The molecule has 6 fully saturated rings. The maximum Gasteiger partial charge on any atom is 0.305 e. The van der Waals surface area contributed by atoms with Gasteiger partial charge in [-0.25, -0.2) is 0 Å². The van der Waals surface area contributed by atoms with E-state index in [9.17, 15) is 9.59 Å². The van der Waals surface area contributed by atoms with Crippen LogP contribution in [-0.4, -0.2) is 30.6 Å². The lowest BCUT2D eigenvalue weighted by molar-refractivity contribution is -0.307. The molecule has 162 valence electrons. The lowest BCUT2D eigenvalue weighted by Gasteiger charge is -2.70. The van der Waals surface area contributed by atoms with E-state index in [2.05, 4.69) is 20.8 Å². The fraction of sp³-hybridized carbons (Fsp3) is 0.920. The first-order valence-corrected chi connectivity index (χ1v) is 12.0. The number of carbonyl (C=O) groups is 2. The van der Waals surface area contributed by atoms with Gasteiger partial charge in [-0.1, -0.05) is 20.8 Å². The number of ether oxygens (including phenoxy) is 2. The number of carbonyl (C=O) groups excluding carboxylic acids is 2. The Morgan fingerprint density at radius 3 is 2.69 bits per heavy atom. The molecule has 4 saturated carbocycles. The number of ketones is 1. The van der Waals surface area contributed by atoms with E-state index in [0.29, 0.717) is 54.3 Å². The predicted molar refractivity (Wildman–Crippen MR) is 110 cm³/mol. The van der Waals surface area contributed by atoms with Gasteiger partial charge >= 0.3 is 5.97 Å². The second-order valence-corrected chi connectivity index (χ2v) is 11.5. The van der Waals surface area contributed by atoms with Crippen molar-refractivity contribution >= 4 is 11.8 Å². The summed E-state index contributed by atoms with van der Waals surface area (Å²) in [7, 11) is 1.47. The second-order valence-electron chi connectivity index (χ2n) is 11.5. The number of hydrogen-bond acceptors (Lipinski definition) is 4. The highest BCUT2D eigenvalue weighted by Crippen LogP contribution is 2.72. The van der Waals surface area contributed by atoms with Crippen molar-refractivity contribution in [2.75, 3.05) is 7.11 Å². The Hall–Kier alpha value is -0.900. The number of esters is 1. The summed E-state index contributed by atoms with van der Waals surface area (Å²) in [6.45, 7) is 7.07. The summed E-state index contributed by atoms with van der Waals surface area (Å²) >= 11 is 0. The molecule has 4 bridgehead atoms. The highest BCUT2D eigenvalue weighted by Gasteiger charge is 2.74.